The van der Waals surface area contributed by atoms with E-state index in [1.165, 1.54) is 0 Å². The standard InChI is InChI=1S/C16H27N3O2S/c1-12-11-22-15(18-12)8-5-9-17-16(21)19(2)10-13-6-3-4-7-14(13)20/h11,13-14,20H,3-10H2,1-2H3,(H,17,21)/t13-,14-/m0/s1. The minimum absolute atomic E-state index is 0.0481. The number of aliphatic hydroxyl groups is 1. The molecule has 0 saturated heterocycles. The van der Waals surface area contributed by atoms with E-state index in [9.17, 15) is 9.90 Å². The summed E-state index contributed by atoms with van der Waals surface area (Å²) >= 11 is 1.68. The Labute approximate surface area is 136 Å². The number of carbonyl (C=O) groups is 1. The third kappa shape index (κ3) is 5.25. The molecule has 1 aromatic heterocycles. The van der Waals surface area contributed by atoms with Crippen molar-refractivity contribution >= 4 is 17.4 Å². The molecule has 2 amide bonds. The Morgan fingerprint density at radius 3 is 2.95 bits per heavy atom. The molecule has 1 saturated carbocycles. The third-order valence-electron chi connectivity index (χ3n) is 4.23. The van der Waals surface area contributed by atoms with Crippen LogP contribution >= 0.6 is 11.3 Å². The first kappa shape index (κ1) is 17.2. The number of thiazole rings is 1. The Hall–Kier alpha value is -1.14. The number of urea groups is 1. The van der Waals surface area contributed by atoms with Crippen molar-refractivity contribution in [2.24, 2.45) is 5.92 Å². The molecule has 1 heterocycles. The van der Waals surface area contributed by atoms with Gasteiger partial charge in [0.1, 0.15) is 0 Å². The Kier molecular flexibility index (Phi) is 6.64. The number of aliphatic hydroxyl groups excluding tert-OH is 1. The lowest BCUT2D eigenvalue weighted by Gasteiger charge is -2.31. The summed E-state index contributed by atoms with van der Waals surface area (Å²) in [6.07, 6.45) is 5.70. The molecule has 0 radical (unpaired) electrons. The number of carbonyl (C=O) groups excluding carboxylic acids is 1. The second-order valence-corrected chi connectivity index (χ2v) is 7.15. The maximum atomic E-state index is 12.1. The highest BCUT2D eigenvalue weighted by atomic mass is 32.1. The molecule has 0 unspecified atom stereocenters. The minimum atomic E-state index is -0.253. The second kappa shape index (κ2) is 8.48. The summed E-state index contributed by atoms with van der Waals surface area (Å²) in [6.45, 7) is 3.30. The van der Waals surface area contributed by atoms with Gasteiger partial charge in [-0.05, 0) is 26.2 Å². The number of nitrogens with zero attached hydrogens (tertiary/aromatic N) is 2. The highest BCUT2D eigenvalue weighted by Crippen LogP contribution is 2.24. The molecule has 124 valence electrons. The fraction of sp³-hybridized carbons (Fsp3) is 0.750. The zero-order valence-corrected chi connectivity index (χ0v) is 14.4. The molecule has 2 rings (SSSR count). The Morgan fingerprint density at radius 1 is 1.50 bits per heavy atom. The Balaban J connectivity index is 1.63. The number of nitrogens with one attached hydrogen (secondary N) is 1. The van der Waals surface area contributed by atoms with Crippen LogP contribution in [0.2, 0.25) is 0 Å². The summed E-state index contributed by atoms with van der Waals surface area (Å²) in [5.74, 6) is 0.225. The molecule has 22 heavy (non-hydrogen) atoms. The quantitative estimate of drug-likeness (QED) is 0.790. The number of hydrogen-bond acceptors (Lipinski definition) is 4. The van der Waals surface area contributed by atoms with Crippen LogP contribution in [0.3, 0.4) is 0 Å². The van der Waals surface area contributed by atoms with Crippen LogP contribution in [0.25, 0.3) is 0 Å². The molecule has 0 bridgehead atoms. The summed E-state index contributed by atoms with van der Waals surface area (Å²) in [5, 5.41) is 16.1. The largest absolute Gasteiger partial charge is 0.393 e. The fourth-order valence-electron chi connectivity index (χ4n) is 2.92. The van der Waals surface area contributed by atoms with E-state index in [1.807, 2.05) is 6.92 Å². The van der Waals surface area contributed by atoms with Crippen molar-refractivity contribution in [2.45, 2.75) is 51.6 Å². The van der Waals surface area contributed by atoms with Gasteiger partial charge in [0.05, 0.1) is 11.1 Å². The molecule has 1 aromatic rings. The maximum absolute atomic E-state index is 12.1. The summed E-state index contributed by atoms with van der Waals surface area (Å²) in [4.78, 5) is 18.2. The smallest absolute Gasteiger partial charge is 0.317 e. The van der Waals surface area contributed by atoms with Crippen LogP contribution in [0.5, 0.6) is 0 Å². The van der Waals surface area contributed by atoms with E-state index in [1.54, 1.807) is 23.3 Å². The molecule has 1 aliphatic carbocycles. The SMILES string of the molecule is Cc1csc(CCCNC(=O)N(C)C[C@@H]2CCCC[C@@H]2O)n1. The first-order valence-electron chi connectivity index (χ1n) is 8.14. The molecule has 0 spiro atoms. The lowest BCUT2D eigenvalue weighted by molar-refractivity contribution is 0.0565. The number of rotatable bonds is 6. The number of aromatic nitrogens is 1. The van der Waals surface area contributed by atoms with E-state index in [4.69, 9.17) is 0 Å². The van der Waals surface area contributed by atoms with Crippen molar-refractivity contribution in [1.82, 2.24) is 15.2 Å². The molecule has 1 aliphatic rings. The van der Waals surface area contributed by atoms with E-state index >= 15 is 0 Å². The van der Waals surface area contributed by atoms with Crippen LogP contribution in [-0.4, -0.2) is 47.3 Å². The van der Waals surface area contributed by atoms with E-state index in [0.717, 1.165) is 49.2 Å². The minimum Gasteiger partial charge on any atom is -0.393 e. The van der Waals surface area contributed by atoms with Crippen molar-refractivity contribution in [2.75, 3.05) is 20.1 Å². The number of amides is 2. The highest BCUT2D eigenvalue weighted by Gasteiger charge is 2.25. The summed E-state index contributed by atoms with van der Waals surface area (Å²) in [5.41, 5.74) is 1.06. The van der Waals surface area contributed by atoms with Gasteiger partial charge in [-0.25, -0.2) is 9.78 Å². The van der Waals surface area contributed by atoms with Gasteiger partial charge >= 0.3 is 6.03 Å². The summed E-state index contributed by atoms with van der Waals surface area (Å²) in [6, 6.07) is -0.0481. The van der Waals surface area contributed by atoms with Crippen molar-refractivity contribution in [3.05, 3.63) is 16.1 Å². The van der Waals surface area contributed by atoms with Gasteiger partial charge < -0.3 is 15.3 Å². The van der Waals surface area contributed by atoms with Crippen LogP contribution in [0.4, 0.5) is 4.79 Å². The van der Waals surface area contributed by atoms with Crippen LogP contribution in [0, 0.1) is 12.8 Å². The second-order valence-electron chi connectivity index (χ2n) is 6.21. The van der Waals surface area contributed by atoms with Crippen LogP contribution in [0.15, 0.2) is 5.38 Å². The van der Waals surface area contributed by atoms with Crippen molar-refractivity contribution in [1.29, 1.82) is 0 Å². The fourth-order valence-corrected chi connectivity index (χ4v) is 3.74. The van der Waals surface area contributed by atoms with Gasteiger partial charge in [0, 0.05) is 43.5 Å². The van der Waals surface area contributed by atoms with Crippen molar-refractivity contribution in [3.8, 4) is 0 Å². The van der Waals surface area contributed by atoms with Gasteiger partial charge in [0.2, 0.25) is 0 Å². The Bertz CT molecular complexity index is 478. The maximum Gasteiger partial charge on any atom is 0.317 e. The van der Waals surface area contributed by atoms with Crippen molar-refractivity contribution < 1.29 is 9.90 Å². The predicted molar refractivity (Wildman–Crippen MR) is 89.2 cm³/mol. The zero-order chi connectivity index (χ0) is 15.9. The average Bonchev–Trinajstić information content (AvgIpc) is 2.91. The summed E-state index contributed by atoms with van der Waals surface area (Å²) in [7, 11) is 1.81. The van der Waals surface area contributed by atoms with Crippen LogP contribution < -0.4 is 5.32 Å². The van der Waals surface area contributed by atoms with Gasteiger partial charge in [-0.15, -0.1) is 11.3 Å². The monoisotopic (exact) mass is 325 g/mol. The normalized spacial score (nSPS) is 21.6. The van der Waals surface area contributed by atoms with E-state index in [-0.39, 0.29) is 18.1 Å². The molecule has 5 nitrogen and oxygen atoms in total. The van der Waals surface area contributed by atoms with Crippen LogP contribution in [0.1, 0.15) is 42.8 Å². The average molecular weight is 325 g/mol. The van der Waals surface area contributed by atoms with Crippen molar-refractivity contribution in [3.63, 3.8) is 0 Å². The van der Waals surface area contributed by atoms with E-state index < -0.39 is 0 Å². The van der Waals surface area contributed by atoms with Gasteiger partial charge in [0.25, 0.3) is 0 Å². The molecule has 6 heteroatoms. The topological polar surface area (TPSA) is 65.5 Å². The first-order valence-corrected chi connectivity index (χ1v) is 9.02. The molecule has 2 N–H and O–H groups in total. The van der Waals surface area contributed by atoms with Gasteiger partial charge in [-0.3, -0.25) is 0 Å². The highest BCUT2D eigenvalue weighted by molar-refractivity contribution is 7.09. The molecule has 0 aromatic carbocycles. The number of aryl methyl sites for hydroxylation is 2. The van der Waals surface area contributed by atoms with E-state index in [0.29, 0.717) is 13.1 Å². The molecule has 1 fully saturated rings. The molecule has 2 atom stereocenters. The van der Waals surface area contributed by atoms with Gasteiger partial charge in [-0.1, -0.05) is 12.8 Å². The predicted octanol–water partition coefficient (Wildman–Crippen LogP) is 2.58. The Morgan fingerprint density at radius 2 is 2.27 bits per heavy atom. The molecular weight excluding hydrogens is 298 g/mol. The molecular formula is C16H27N3O2S. The third-order valence-corrected chi connectivity index (χ3v) is 5.26. The molecule has 0 aliphatic heterocycles. The zero-order valence-electron chi connectivity index (χ0n) is 13.5. The van der Waals surface area contributed by atoms with Gasteiger partial charge in [0.15, 0.2) is 0 Å². The van der Waals surface area contributed by atoms with E-state index in [2.05, 4.69) is 15.7 Å². The number of hydrogen-bond donors (Lipinski definition) is 2. The first-order chi connectivity index (χ1) is 10.6. The van der Waals surface area contributed by atoms with Gasteiger partial charge in [-0.2, -0.15) is 0 Å². The summed E-state index contributed by atoms with van der Waals surface area (Å²) < 4.78 is 0. The lowest BCUT2D eigenvalue weighted by Crippen LogP contribution is -2.43. The lowest BCUT2D eigenvalue weighted by atomic mass is 9.86. The van der Waals surface area contributed by atoms with Crippen LogP contribution in [-0.2, 0) is 6.42 Å².